The Labute approximate surface area is 170 Å². The van der Waals surface area contributed by atoms with Crippen molar-refractivity contribution in [3.8, 4) is 12.3 Å². The molecule has 1 N–H and O–H groups in total. The van der Waals surface area contributed by atoms with Crippen LogP contribution in [0.2, 0.25) is 0 Å². The summed E-state index contributed by atoms with van der Waals surface area (Å²) >= 11 is 1.31. The van der Waals surface area contributed by atoms with Gasteiger partial charge in [-0.25, -0.2) is 4.79 Å². The van der Waals surface area contributed by atoms with Crippen LogP contribution in [-0.2, 0) is 11.3 Å². The molecular formula is C22H17N3O3S. The minimum Gasteiger partial charge on any atom is -0.462 e. The van der Waals surface area contributed by atoms with E-state index in [0.717, 1.165) is 21.1 Å². The quantitative estimate of drug-likeness (QED) is 0.417. The molecule has 0 radical (unpaired) electrons. The van der Waals surface area contributed by atoms with Crippen molar-refractivity contribution in [2.45, 2.75) is 13.5 Å². The van der Waals surface area contributed by atoms with E-state index >= 15 is 0 Å². The molecule has 0 saturated carbocycles. The molecule has 4 aromatic rings. The number of thiazole rings is 1. The summed E-state index contributed by atoms with van der Waals surface area (Å²) in [5.74, 6) is 1.85. The predicted molar refractivity (Wildman–Crippen MR) is 113 cm³/mol. The molecule has 0 spiro atoms. The Morgan fingerprint density at radius 2 is 2.10 bits per heavy atom. The maximum atomic E-state index is 12.9. The Balaban J connectivity index is 1.83. The van der Waals surface area contributed by atoms with Crippen molar-refractivity contribution < 1.29 is 14.3 Å². The van der Waals surface area contributed by atoms with Crippen LogP contribution < -0.4 is 4.80 Å². The smallest absolute Gasteiger partial charge is 0.338 e. The highest BCUT2D eigenvalue weighted by Crippen LogP contribution is 2.21. The van der Waals surface area contributed by atoms with E-state index in [2.05, 4.69) is 15.9 Å². The lowest BCUT2D eigenvalue weighted by molar-refractivity contribution is 0.0526. The van der Waals surface area contributed by atoms with Crippen molar-refractivity contribution in [3.05, 3.63) is 64.6 Å². The fraction of sp³-hybridized carbons (Fsp3) is 0.136. The molecule has 0 bridgehead atoms. The van der Waals surface area contributed by atoms with Gasteiger partial charge in [0.05, 0.1) is 34.5 Å². The lowest BCUT2D eigenvalue weighted by atomic mass is 10.2. The molecule has 0 aliphatic rings. The first-order valence-electron chi connectivity index (χ1n) is 9.01. The number of esters is 1. The molecule has 2 aromatic heterocycles. The number of hydrogen-bond acceptors (Lipinski definition) is 4. The zero-order valence-electron chi connectivity index (χ0n) is 15.6. The largest absolute Gasteiger partial charge is 0.462 e. The number of rotatable bonds is 4. The lowest BCUT2D eigenvalue weighted by Gasteiger charge is -2.03. The number of ether oxygens (including phenoxy) is 1. The molecule has 0 aliphatic carbocycles. The van der Waals surface area contributed by atoms with E-state index in [-0.39, 0.29) is 18.4 Å². The Kier molecular flexibility index (Phi) is 5.02. The standard InChI is InChI=1S/C22H17N3O3S/c1-3-11-25-18-10-9-14(21(27)28-4-2)12-19(18)29-22(25)24-20(26)16-13-23-17-8-6-5-7-15(16)17/h1,5-10,12-13,23H,4,11H2,2H3. The van der Waals surface area contributed by atoms with E-state index in [1.807, 2.05) is 24.3 Å². The molecule has 0 saturated heterocycles. The van der Waals surface area contributed by atoms with E-state index in [1.165, 1.54) is 11.3 Å². The topological polar surface area (TPSA) is 76.5 Å². The van der Waals surface area contributed by atoms with Gasteiger partial charge in [0, 0.05) is 17.1 Å². The number of aromatic amines is 1. The number of para-hydroxylation sites is 1. The first-order valence-corrected chi connectivity index (χ1v) is 9.83. The molecule has 0 unspecified atom stereocenters. The number of amides is 1. The molecule has 2 aromatic carbocycles. The maximum absolute atomic E-state index is 12.9. The third kappa shape index (κ3) is 3.46. The second-order valence-corrected chi connectivity index (χ2v) is 7.25. The number of terminal acetylenes is 1. The first-order chi connectivity index (χ1) is 14.1. The minimum atomic E-state index is -0.389. The van der Waals surface area contributed by atoms with Crippen molar-refractivity contribution in [2.75, 3.05) is 6.61 Å². The summed E-state index contributed by atoms with van der Waals surface area (Å²) in [6.07, 6.45) is 7.19. The van der Waals surface area contributed by atoms with Crippen LogP contribution >= 0.6 is 11.3 Å². The SMILES string of the molecule is C#CCn1c(=NC(=O)c2c[nH]c3ccccc23)sc2cc(C(=O)OCC)ccc21. The lowest BCUT2D eigenvalue weighted by Crippen LogP contribution is -2.16. The average molecular weight is 403 g/mol. The monoisotopic (exact) mass is 403 g/mol. The van der Waals surface area contributed by atoms with Gasteiger partial charge in [0.15, 0.2) is 4.80 Å². The molecule has 0 fully saturated rings. The summed E-state index contributed by atoms with van der Waals surface area (Å²) in [5.41, 5.74) is 2.63. The maximum Gasteiger partial charge on any atom is 0.338 e. The van der Waals surface area contributed by atoms with E-state index in [9.17, 15) is 9.59 Å². The van der Waals surface area contributed by atoms with Crippen molar-refractivity contribution in [1.29, 1.82) is 0 Å². The number of carbonyl (C=O) groups excluding carboxylic acids is 2. The van der Waals surface area contributed by atoms with Gasteiger partial charge in [-0.3, -0.25) is 4.79 Å². The summed E-state index contributed by atoms with van der Waals surface area (Å²) in [4.78, 5) is 32.8. The van der Waals surface area contributed by atoms with Gasteiger partial charge in [0.25, 0.3) is 5.91 Å². The van der Waals surface area contributed by atoms with E-state index in [1.54, 1.807) is 35.9 Å². The van der Waals surface area contributed by atoms with Crippen LogP contribution in [-0.4, -0.2) is 28.0 Å². The summed E-state index contributed by atoms with van der Waals surface area (Å²) in [7, 11) is 0. The van der Waals surface area contributed by atoms with Gasteiger partial charge in [-0.05, 0) is 31.2 Å². The van der Waals surface area contributed by atoms with Gasteiger partial charge in [-0.2, -0.15) is 4.99 Å². The van der Waals surface area contributed by atoms with Crippen molar-refractivity contribution in [3.63, 3.8) is 0 Å². The molecule has 29 heavy (non-hydrogen) atoms. The van der Waals surface area contributed by atoms with Crippen LogP contribution in [0, 0.1) is 12.3 Å². The fourth-order valence-electron chi connectivity index (χ4n) is 3.14. The predicted octanol–water partition coefficient (Wildman–Crippen LogP) is 3.74. The molecule has 6 nitrogen and oxygen atoms in total. The van der Waals surface area contributed by atoms with Crippen LogP contribution in [0.3, 0.4) is 0 Å². The van der Waals surface area contributed by atoms with Crippen molar-refractivity contribution in [1.82, 2.24) is 9.55 Å². The molecule has 7 heteroatoms. The normalized spacial score (nSPS) is 11.7. The van der Waals surface area contributed by atoms with Crippen molar-refractivity contribution >= 4 is 44.3 Å². The van der Waals surface area contributed by atoms with Crippen LogP contribution in [0.5, 0.6) is 0 Å². The van der Waals surface area contributed by atoms with Crippen LogP contribution in [0.25, 0.3) is 21.1 Å². The molecular weight excluding hydrogens is 386 g/mol. The zero-order valence-corrected chi connectivity index (χ0v) is 16.5. The third-order valence-corrected chi connectivity index (χ3v) is 5.50. The Morgan fingerprint density at radius 3 is 2.90 bits per heavy atom. The number of aromatic nitrogens is 2. The minimum absolute atomic E-state index is 0.263. The van der Waals surface area contributed by atoms with E-state index in [0.29, 0.717) is 22.5 Å². The van der Waals surface area contributed by atoms with Crippen molar-refractivity contribution in [2.24, 2.45) is 4.99 Å². The second kappa shape index (κ2) is 7.78. The Bertz CT molecular complexity index is 1350. The number of nitrogens with one attached hydrogen (secondary N) is 1. The Morgan fingerprint density at radius 1 is 1.28 bits per heavy atom. The average Bonchev–Trinajstić information content (AvgIpc) is 3.30. The van der Waals surface area contributed by atoms with Gasteiger partial charge in [-0.1, -0.05) is 35.5 Å². The van der Waals surface area contributed by atoms with Crippen LogP contribution in [0.1, 0.15) is 27.6 Å². The number of H-pyrrole nitrogens is 1. The highest BCUT2D eigenvalue weighted by molar-refractivity contribution is 7.16. The summed E-state index contributed by atoms with van der Waals surface area (Å²) < 4.78 is 7.66. The fourth-order valence-corrected chi connectivity index (χ4v) is 4.21. The van der Waals surface area contributed by atoms with Gasteiger partial charge in [0.1, 0.15) is 0 Å². The molecule has 0 aliphatic heterocycles. The second-order valence-electron chi connectivity index (χ2n) is 6.24. The van der Waals surface area contributed by atoms with Gasteiger partial charge in [0.2, 0.25) is 0 Å². The highest BCUT2D eigenvalue weighted by atomic mass is 32.1. The molecule has 2 heterocycles. The molecule has 1 amide bonds. The first kappa shape index (κ1) is 18.7. The van der Waals surface area contributed by atoms with Gasteiger partial charge in [-0.15, -0.1) is 6.42 Å². The van der Waals surface area contributed by atoms with E-state index in [4.69, 9.17) is 11.2 Å². The van der Waals surface area contributed by atoms with Gasteiger partial charge >= 0.3 is 5.97 Å². The number of hydrogen-bond donors (Lipinski definition) is 1. The molecule has 4 rings (SSSR count). The summed E-state index contributed by atoms with van der Waals surface area (Å²) in [6.45, 7) is 2.33. The number of benzene rings is 2. The summed E-state index contributed by atoms with van der Waals surface area (Å²) in [6, 6.07) is 12.8. The number of nitrogens with zero attached hydrogens (tertiary/aromatic N) is 2. The zero-order chi connectivity index (χ0) is 20.4. The summed E-state index contributed by atoms with van der Waals surface area (Å²) in [5, 5.41) is 0.815. The number of carbonyl (C=O) groups is 2. The van der Waals surface area contributed by atoms with Gasteiger partial charge < -0.3 is 14.3 Å². The Hall–Kier alpha value is -3.63. The molecule has 0 atom stereocenters. The van der Waals surface area contributed by atoms with Crippen LogP contribution in [0.4, 0.5) is 0 Å². The third-order valence-electron chi connectivity index (χ3n) is 4.46. The molecule has 144 valence electrons. The number of fused-ring (bicyclic) bond motifs is 2. The van der Waals surface area contributed by atoms with Crippen LogP contribution in [0.15, 0.2) is 53.7 Å². The highest BCUT2D eigenvalue weighted by Gasteiger charge is 2.14. The van der Waals surface area contributed by atoms with E-state index < -0.39 is 0 Å².